The molecule has 2 aromatic rings. The zero-order valence-electron chi connectivity index (χ0n) is 17.7. The van der Waals surface area contributed by atoms with Crippen LogP contribution in [0.15, 0.2) is 54.6 Å². The first-order valence-electron chi connectivity index (χ1n) is 10.6. The highest BCUT2D eigenvalue weighted by Gasteiger charge is 2.20. The maximum absolute atomic E-state index is 12.4. The van der Waals surface area contributed by atoms with Crippen molar-refractivity contribution in [2.45, 2.75) is 32.4 Å². The van der Waals surface area contributed by atoms with Crippen molar-refractivity contribution in [2.24, 2.45) is 0 Å². The smallest absolute Gasteiger partial charge is 0.338 e. The Balaban J connectivity index is 1.45. The van der Waals surface area contributed by atoms with Crippen molar-refractivity contribution in [1.82, 2.24) is 5.32 Å². The molecule has 30 heavy (non-hydrogen) atoms. The SMILES string of the molecule is C[C@@H](OC(=O)c1ccc(C[NH+]2CCOCC2)cc1)C(=O)NC[C@H](C)c1ccccc1. The normalized spacial score (nSPS) is 16.5. The number of carbonyl (C=O) groups is 2. The average Bonchev–Trinajstić information content (AvgIpc) is 2.79. The second kappa shape index (κ2) is 10.9. The van der Waals surface area contributed by atoms with E-state index in [-0.39, 0.29) is 11.8 Å². The number of quaternary nitrogens is 1. The van der Waals surface area contributed by atoms with E-state index in [4.69, 9.17) is 9.47 Å². The van der Waals surface area contributed by atoms with Gasteiger partial charge in [-0.3, -0.25) is 4.79 Å². The molecule has 6 nitrogen and oxygen atoms in total. The number of benzene rings is 2. The van der Waals surface area contributed by atoms with Gasteiger partial charge in [-0.2, -0.15) is 0 Å². The molecule has 6 heteroatoms. The van der Waals surface area contributed by atoms with E-state index in [2.05, 4.69) is 5.32 Å². The molecule has 1 fully saturated rings. The number of hydrogen-bond donors (Lipinski definition) is 2. The van der Waals surface area contributed by atoms with Gasteiger partial charge in [-0.05, 0) is 30.5 Å². The van der Waals surface area contributed by atoms with Crippen LogP contribution in [0, 0.1) is 0 Å². The number of esters is 1. The topological polar surface area (TPSA) is 69.1 Å². The predicted octanol–water partition coefficient (Wildman–Crippen LogP) is 1.57. The van der Waals surface area contributed by atoms with Gasteiger partial charge in [-0.25, -0.2) is 4.79 Å². The van der Waals surface area contributed by atoms with Crippen molar-refractivity contribution < 1.29 is 24.0 Å². The van der Waals surface area contributed by atoms with E-state index >= 15 is 0 Å². The molecule has 2 atom stereocenters. The Morgan fingerprint density at radius 2 is 1.70 bits per heavy atom. The Hall–Kier alpha value is -2.70. The summed E-state index contributed by atoms with van der Waals surface area (Å²) in [7, 11) is 0. The molecule has 0 spiro atoms. The van der Waals surface area contributed by atoms with E-state index in [1.165, 1.54) is 10.5 Å². The summed E-state index contributed by atoms with van der Waals surface area (Å²) in [5.41, 5.74) is 2.78. The highest BCUT2D eigenvalue weighted by molar-refractivity contribution is 5.92. The van der Waals surface area contributed by atoms with Crippen molar-refractivity contribution >= 4 is 11.9 Å². The van der Waals surface area contributed by atoms with E-state index in [1.54, 1.807) is 19.1 Å². The largest absolute Gasteiger partial charge is 0.449 e. The van der Waals surface area contributed by atoms with Gasteiger partial charge in [0.2, 0.25) is 0 Å². The second-order valence-corrected chi connectivity index (χ2v) is 7.84. The summed E-state index contributed by atoms with van der Waals surface area (Å²) in [6, 6.07) is 17.4. The highest BCUT2D eigenvalue weighted by atomic mass is 16.5. The number of rotatable bonds is 8. The maximum atomic E-state index is 12.4. The monoisotopic (exact) mass is 411 g/mol. The molecular formula is C24H31N2O4+. The number of hydrogen-bond acceptors (Lipinski definition) is 4. The number of amides is 1. The fourth-order valence-corrected chi connectivity index (χ4v) is 3.46. The summed E-state index contributed by atoms with van der Waals surface area (Å²) in [4.78, 5) is 26.2. The van der Waals surface area contributed by atoms with Crippen molar-refractivity contribution in [3.63, 3.8) is 0 Å². The Morgan fingerprint density at radius 3 is 2.37 bits per heavy atom. The van der Waals surface area contributed by atoms with E-state index in [0.29, 0.717) is 12.1 Å². The van der Waals surface area contributed by atoms with Gasteiger partial charge < -0.3 is 19.7 Å². The van der Waals surface area contributed by atoms with Crippen LogP contribution in [0.25, 0.3) is 0 Å². The lowest BCUT2D eigenvalue weighted by Crippen LogP contribution is -3.12. The zero-order chi connectivity index (χ0) is 21.3. The van der Waals surface area contributed by atoms with Gasteiger partial charge in [0.05, 0.1) is 18.8 Å². The Morgan fingerprint density at radius 1 is 1.03 bits per heavy atom. The number of morpholine rings is 1. The number of carbonyl (C=O) groups excluding carboxylic acids is 2. The molecule has 0 aliphatic carbocycles. The zero-order valence-corrected chi connectivity index (χ0v) is 17.7. The number of ether oxygens (including phenoxy) is 2. The molecule has 3 rings (SSSR count). The first kappa shape index (κ1) is 22.0. The molecule has 160 valence electrons. The molecule has 1 saturated heterocycles. The fourth-order valence-electron chi connectivity index (χ4n) is 3.46. The van der Waals surface area contributed by atoms with Crippen LogP contribution in [0.2, 0.25) is 0 Å². The van der Waals surface area contributed by atoms with Crippen molar-refractivity contribution in [2.75, 3.05) is 32.8 Å². The van der Waals surface area contributed by atoms with Gasteiger partial charge in [-0.1, -0.05) is 49.4 Å². The summed E-state index contributed by atoms with van der Waals surface area (Å²) in [6.07, 6.45) is -0.849. The van der Waals surface area contributed by atoms with Crippen molar-refractivity contribution in [1.29, 1.82) is 0 Å². The molecule has 2 aromatic carbocycles. The highest BCUT2D eigenvalue weighted by Crippen LogP contribution is 2.13. The van der Waals surface area contributed by atoms with Crippen LogP contribution in [0.1, 0.15) is 41.3 Å². The minimum Gasteiger partial charge on any atom is -0.449 e. The lowest BCUT2D eigenvalue weighted by Gasteiger charge is -2.23. The summed E-state index contributed by atoms with van der Waals surface area (Å²) in [6.45, 7) is 8.63. The molecule has 0 aromatic heterocycles. The van der Waals surface area contributed by atoms with Crippen LogP contribution >= 0.6 is 0 Å². The number of nitrogens with one attached hydrogen (secondary N) is 2. The van der Waals surface area contributed by atoms with Crippen LogP contribution in [-0.4, -0.2) is 50.8 Å². The molecule has 0 radical (unpaired) electrons. The summed E-state index contributed by atoms with van der Waals surface area (Å²) in [5.74, 6) is -0.600. The van der Waals surface area contributed by atoms with Crippen LogP contribution in [0.4, 0.5) is 0 Å². The Kier molecular flexibility index (Phi) is 7.99. The summed E-state index contributed by atoms with van der Waals surface area (Å²) in [5, 5.41) is 2.86. The Labute approximate surface area is 178 Å². The lowest BCUT2D eigenvalue weighted by atomic mass is 10.0. The average molecular weight is 412 g/mol. The minimum atomic E-state index is -0.849. The molecule has 2 N–H and O–H groups in total. The van der Waals surface area contributed by atoms with E-state index < -0.39 is 12.1 Å². The third kappa shape index (κ3) is 6.40. The second-order valence-electron chi connectivity index (χ2n) is 7.84. The van der Waals surface area contributed by atoms with Crippen LogP contribution in [-0.2, 0) is 20.8 Å². The van der Waals surface area contributed by atoms with Gasteiger partial charge in [0.25, 0.3) is 5.91 Å². The first-order valence-corrected chi connectivity index (χ1v) is 10.6. The van der Waals surface area contributed by atoms with E-state index in [0.717, 1.165) is 38.4 Å². The van der Waals surface area contributed by atoms with E-state index in [1.807, 2.05) is 49.4 Å². The maximum Gasteiger partial charge on any atom is 0.338 e. The molecule has 0 saturated carbocycles. The standard InChI is InChI=1S/C24H30N2O4/c1-18(21-6-4-3-5-7-21)16-25-23(27)19(2)30-24(28)22-10-8-20(9-11-22)17-26-12-14-29-15-13-26/h3-11,18-19H,12-17H2,1-2H3,(H,25,27)/p+1/t18-,19+/m0/s1. The van der Waals surface area contributed by atoms with E-state index in [9.17, 15) is 9.59 Å². The van der Waals surface area contributed by atoms with Crippen LogP contribution in [0.3, 0.4) is 0 Å². The fraction of sp³-hybridized carbons (Fsp3) is 0.417. The molecule has 1 heterocycles. The van der Waals surface area contributed by atoms with Crippen LogP contribution in [0.5, 0.6) is 0 Å². The molecule has 0 unspecified atom stereocenters. The molecule has 1 aliphatic heterocycles. The first-order chi connectivity index (χ1) is 14.5. The summed E-state index contributed by atoms with van der Waals surface area (Å²) < 4.78 is 10.7. The van der Waals surface area contributed by atoms with Gasteiger partial charge in [0.15, 0.2) is 6.10 Å². The third-order valence-corrected chi connectivity index (χ3v) is 5.45. The van der Waals surface area contributed by atoms with Gasteiger partial charge in [-0.15, -0.1) is 0 Å². The molecule has 0 bridgehead atoms. The van der Waals surface area contributed by atoms with Gasteiger partial charge in [0.1, 0.15) is 19.6 Å². The van der Waals surface area contributed by atoms with Crippen LogP contribution < -0.4 is 10.2 Å². The van der Waals surface area contributed by atoms with Crippen molar-refractivity contribution in [3.8, 4) is 0 Å². The molecule has 1 aliphatic rings. The Bertz CT molecular complexity index is 817. The lowest BCUT2D eigenvalue weighted by molar-refractivity contribution is -0.921. The summed E-state index contributed by atoms with van der Waals surface area (Å²) >= 11 is 0. The molecular weight excluding hydrogens is 380 g/mol. The predicted molar refractivity (Wildman–Crippen MR) is 114 cm³/mol. The third-order valence-electron chi connectivity index (χ3n) is 5.45. The van der Waals surface area contributed by atoms with Gasteiger partial charge >= 0.3 is 5.97 Å². The quantitative estimate of drug-likeness (QED) is 0.647. The van der Waals surface area contributed by atoms with Crippen molar-refractivity contribution in [3.05, 3.63) is 71.3 Å². The van der Waals surface area contributed by atoms with Gasteiger partial charge in [0, 0.05) is 12.1 Å². The molecule has 1 amide bonds. The minimum absolute atomic E-state index is 0.180.